The number of nitrogens with zero attached hydrogens (tertiary/aromatic N) is 1. The Hall–Kier alpha value is -1.00. The molecule has 0 radical (unpaired) electrons. The topological polar surface area (TPSA) is 32.3 Å². The van der Waals surface area contributed by atoms with E-state index in [2.05, 4.69) is 41.4 Å². The van der Waals surface area contributed by atoms with Gasteiger partial charge in [0.15, 0.2) is 0 Å². The number of benzene rings is 1. The van der Waals surface area contributed by atoms with Crippen molar-refractivity contribution in [2.75, 3.05) is 31.9 Å². The van der Waals surface area contributed by atoms with E-state index in [1.807, 2.05) is 0 Å². The third-order valence-corrected chi connectivity index (χ3v) is 4.80. The van der Waals surface area contributed by atoms with Gasteiger partial charge >= 0.3 is 0 Å². The van der Waals surface area contributed by atoms with Crippen LogP contribution in [-0.2, 0) is 4.79 Å². The second kappa shape index (κ2) is 9.11. The van der Waals surface area contributed by atoms with Gasteiger partial charge in [0.2, 0.25) is 5.91 Å². The van der Waals surface area contributed by atoms with Crippen LogP contribution in [0.3, 0.4) is 0 Å². The van der Waals surface area contributed by atoms with E-state index in [1.54, 1.807) is 11.8 Å². The van der Waals surface area contributed by atoms with Gasteiger partial charge in [-0.3, -0.25) is 4.79 Å². The maximum Gasteiger partial charge on any atom is 0.220 e. The summed E-state index contributed by atoms with van der Waals surface area (Å²) < 4.78 is 0. The lowest BCUT2D eigenvalue weighted by Crippen LogP contribution is -2.28. The highest BCUT2D eigenvalue weighted by Gasteiger charge is 2.10. The molecule has 0 aromatic heterocycles. The number of aryl methyl sites for hydroxylation is 1. The number of hydrogen-bond donors (Lipinski definition) is 1. The average molecular weight is 306 g/mol. The Morgan fingerprint density at radius 3 is 2.67 bits per heavy atom. The highest BCUT2D eigenvalue weighted by atomic mass is 32.2. The summed E-state index contributed by atoms with van der Waals surface area (Å²) in [6, 6.07) is 8.46. The molecule has 0 unspecified atom stereocenters. The zero-order chi connectivity index (χ0) is 14.9. The predicted molar refractivity (Wildman–Crippen MR) is 89.8 cm³/mol. The Balaban J connectivity index is 1.50. The van der Waals surface area contributed by atoms with Gasteiger partial charge in [-0.2, -0.15) is 0 Å². The number of rotatable bonds is 8. The predicted octanol–water partition coefficient (Wildman–Crippen LogP) is 3.08. The Labute approximate surface area is 132 Å². The maximum absolute atomic E-state index is 11.7. The van der Waals surface area contributed by atoms with Crippen molar-refractivity contribution < 1.29 is 4.79 Å². The van der Waals surface area contributed by atoms with Gasteiger partial charge in [0.25, 0.3) is 0 Å². The van der Waals surface area contributed by atoms with Crippen LogP contribution in [0.5, 0.6) is 0 Å². The molecule has 116 valence electrons. The molecule has 1 aromatic rings. The Morgan fingerprint density at radius 1 is 1.24 bits per heavy atom. The largest absolute Gasteiger partial charge is 0.356 e. The number of amides is 1. The van der Waals surface area contributed by atoms with Gasteiger partial charge < -0.3 is 10.2 Å². The Kier molecular flexibility index (Phi) is 7.10. The summed E-state index contributed by atoms with van der Waals surface area (Å²) in [5, 5.41) is 3.02. The number of carbonyl (C=O) groups excluding carboxylic acids is 1. The Morgan fingerprint density at radius 2 is 1.95 bits per heavy atom. The van der Waals surface area contributed by atoms with Gasteiger partial charge in [-0.1, -0.05) is 17.7 Å². The van der Waals surface area contributed by atoms with Crippen molar-refractivity contribution in [1.82, 2.24) is 10.2 Å². The minimum absolute atomic E-state index is 0.177. The summed E-state index contributed by atoms with van der Waals surface area (Å²) in [4.78, 5) is 15.5. The fourth-order valence-corrected chi connectivity index (χ4v) is 3.37. The third-order valence-electron chi connectivity index (χ3n) is 3.79. The smallest absolute Gasteiger partial charge is 0.220 e. The third kappa shape index (κ3) is 6.53. The minimum Gasteiger partial charge on any atom is -0.356 e. The van der Waals surface area contributed by atoms with Crippen molar-refractivity contribution in [3.8, 4) is 0 Å². The average Bonchev–Trinajstić information content (AvgIpc) is 2.99. The molecule has 1 aliphatic rings. The summed E-state index contributed by atoms with van der Waals surface area (Å²) in [6.07, 6.45) is 4.34. The van der Waals surface area contributed by atoms with Crippen LogP contribution in [0.1, 0.15) is 31.2 Å². The van der Waals surface area contributed by atoms with Gasteiger partial charge in [-0.25, -0.2) is 0 Å². The summed E-state index contributed by atoms with van der Waals surface area (Å²) >= 11 is 1.75. The molecule has 4 heteroatoms. The standard InChI is InChI=1S/C17H26N2OS/c1-15-5-7-16(8-6-15)21-14-9-17(20)18-10-4-13-19-11-2-3-12-19/h5-8H,2-4,9-14H2,1H3,(H,18,20). The van der Waals surface area contributed by atoms with Crippen molar-refractivity contribution in [1.29, 1.82) is 0 Å². The van der Waals surface area contributed by atoms with Crippen molar-refractivity contribution in [2.24, 2.45) is 0 Å². The normalized spacial score (nSPS) is 15.3. The Bertz CT molecular complexity index is 427. The van der Waals surface area contributed by atoms with E-state index >= 15 is 0 Å². The highest BCUT2D eigenvalue weighted by Crippen LogP contribution is 2.18. The highest BCUT2D eigenvalue weighted by molar-refractivity contribution is 7.99. The molecule has 21 heavy (non-hydrogen) atoms. The second-order valence-corrected chi connectivity index (χ2v) is 6.83. The van der Waals surface area contributed by atoms with E-state index in [0.29, 0.717) is 6.42 Å². The zero-order valence-corrected chi connectivity index (χ0v) is 13.8. The summed E-state index contributed by atoms with van der Waals surface area (Å²) in [5.41, 5.74) is 1.27. The van der Waals surface area contributed by atoms with Gasteiger partial charge in [-0.05, 0) is 58.0 Å². The van der Waals surface area contributed by atoms with Gasteiger partial charge in [0, 0.05) is 23.6 Å². The summed E-state index contributed by atoms with van der Waals surface area (Å²) in [7, 11) is 0. The lowest BCUT2D eigenvalue weighted by atomic mass is 10.2. The summed E-state index contributed by atoms with van der Waals surface area (Å²) in [6.45, 7) is 6.50. The molecule has 1 saturated heterocycles. The van der Waals surface area contributed by atoms with E-state index in [-0.39, 0.29) is 5.91 Å². The van der Waals surface area contributed by atoms with Crippen LogP contribution in [0.2, 0.25) is 0 Å². The van der Waals surface area contributed by atoms with E-state index in [0.717, 1.165) is 25.3 Å². The van der Waals surface area contributed by atoms with Crippen molar-refractivity contribution >= 4 is 17.7 Å². The maximum atomic E-state index is 11.7. The van der Waals surface area contributed by atoms with Crippen LogP contribution < -0.4 is 5.32 Å². The zero-order valence-electron chi connectivity index (χ0n) is 12.9. The molecule has 0 aliphatic carbocycles. The SMILES string of the molecule is Cc1ccc(SCCC(=O)NCCCN2CCCC2)cc1. The first kappa shape index (κ1) is 16.4. The first-order valence-electron chi connectivity index (χ1n) is 7.92. The molecule has 0 bridgehead atoms. The molecule has 1 aliphatic heterocycles. The van der Waals surface area contributed by atoms with E-state index in [9.17, 15) is 4.79 Å². The number of nitrogens with one attached hydrogen (secondary N) is 1. The molecule has 1 N–H and O–H groups in total. The van der Waals surface area contributed by atoms with E-state index in [1.165, 1.54) is 36.4 Å². The van der Waals surface area contributed by atoms with Gasteiger partial charge in [0.05, 0.1) is 0 Å². The van der Waals surface area contributed by atoms with Crippen molar-refractivity contribution in [2.45, 2.75) is 37.5 Å². The quantitative estimate of drug-likeness (QED) is 0.592. The van der Waals surface area contributed by atoms with Crippen LogP contribution >= 0.6 is 11.8 Å². The van der Waals surface area contributed by atoms with Crippen LogP contribution in [0.4, 0.5) is 0 Å². The molecule has 2 rings (SSSR count). The van der Waals surface area contributed by atoms with Crippen molar-refractivity contribution in [3.05, 3.63) is 29.8 Å². The fourth-order valence-electron chi connectivity index (χ4n) is 2.52. The molecule has 3 nitrogen and oxygen atoms in total. The van der Waals surface area contributed by atoms with E-state index in [4.69, 9.17) is 0 Å². The number of likely N-dealkylation sites (tertiary alicyclic amines) is 1. The molecule has 0 atom stereocenters. The molecule has 1 fully saturated rings. The van der Waals surface area contributed by atoms with Crippen LogP contribution in [0.15, 0.2) is 29.2 Å². The number of thioether (sulfide) groups is 1. The summed E-state index contributed by atoms with van der Waals surface area (Å²) in [5.74, 6) is 1.03. The van der Waals surface area contributed by atoms with Crippen LogP contribution in [0, 0.1) is 6.92 Å². The number of carbonyl (C=O) groups is 1. The van der Waals surface area contributed by atoms with Crippen LogP contribution in [-0.4, -0.2) is 42.7 Å². The van der Waals surface area contributed by atoms with Gasteiger partial charge in [-0.15, -0.1) is 11.8 Å². The first-order valence-corrected chi connectivity index (χ1v) is 8.91. The molecular formula is C17H26N2OS. The van der Waals surface area contributed by atoms with Crippen LogP contribution in [0.25, 0.3) is 0 Å². The minimum atomic E-state index is 0.177. The monoisotopic (exact) mass is 306 g/mol. The molecule has 0 saturated carbocycles. The molecule has 1 aromatic carbocycles. The molecule has 0 spiro atoms. The molecule has 1 heterocycles. The second-order valence-electron chi connectivity index (χ2n) is 5.66. The lowest BCUT2D eigenvalue weighted by molar-refractivity contribution is -0.120. The first-order chi connectivity index (χ1) is 10.2. The van der Waals surface area contributed by atoms with E-state index < -0.39 is 0 Å². The van der Waals surface area contributed by atoms with Crippen molar-refractivity contribution in [3.63, 3.8) is 0 Å². The molecular weight excluding hydrogens is 280 g/mol. The van der Waals surface area contributed by atoms with Gasteiger partial charge in [0.1, 0.15) is 0 Å². The fraction of sp³-hybridized carbons (Fsp3) is 0.588. The molecule has 1 amide bonds. The lowest BCUT2D eigenvalue weighted by Gasteiger charge is -2.14. The number of hydrogen-bond acceptors (Lipinski definition) is 3.